The van der Waals surface area contributed by atoms with E-state index in [9.17, 15) is 0 Å². The van der Waals surface area contributed by atoms with Crippen molar-refractivity contribution in [1.82, 2.24) is 4.90 Å². The second-order valence-corrected chi connectivity index (χ2v) is 6.76. The fourth-order valence-electron chi connectivity index (χ4n) is 3.25. The first-order valence-electron chi connectivity index (χ1n) is 6.78. The lowest BCUT2D eigenvalue weighted by molar-refractivity contribution is 0.00253. The van der Waals surface area contributed by atoms with Crippen LogP contribution in [0.25, 0.3) is 0 Å². The standard InChI is InChI=1S/C14H27NO/c1-14(2,3)7-8-15-11-5-6-12(15)10-13(9-11)16-4/h11-13H,5-10H2,1-4H3. The zero-order chi connectivity index (χ0) is 11.8. The van der Waals surface area contributed by atoms with E-state index in [1.54, 1.807) is 0 Å². The molecule has 2 saturated heterocycles. The molecule has 0 aromatic carbocycles. The summed E-state index contributed by atoms with van der Waals surface area (Å²) in [6, 6.07) is 1.62. The normalized spacial score (nSPS) is 35.6. The third kappa shape index (κ3) is 2.78. The van der Waals surface area contributed by atoms with Crippen LogP contribution in [-0.4, -0.2) is 36.7 Å². The fraction of sp³-hybridized carbons (Fsp3) is 1.00. The van der Waals surface area contributed by atoms with Gasteiger partial charge in [0.1, 0.15) is 0 Å². The second-order valence-electron chi connectivity index (χ2n) is 6.76. The van der Waals surface area contributed by atoms with Crippen molar-refractivity contribution in [3.8, 4) is 0 Å². The summed E-state index contributed by atoms with van der Waals surface area (Å²) in [6.07, 6.45) is 7.17. The summed E-state index contributed by atoms with van der Waals surface area (Å²) in [5, 5.41) is 0. The Balaban J connectivity index is 1.88. The Kier molecular flexibility index (Phi) is 3.60. The van der Waals surface area contributed by atoms with Gasteiger partial charge in [0.25, 0.3) is 0 Å². The maximum atomic E-state index is 5.54. The van der Waals surface area contributed by atoms with Gasteiger partial charge >= 0.3 is 0 Å². The van der Waals surface area contributed by atoms with Crippen molar-refractivity contribution in [2.24, 2.45) is 5.41 Å². The zero-order valence-corrected chi connectivity index (χ0v) is 11.3. The van der Waals surface area contributed by atoms with Crippen LogP contribution in [0, 0.1) is 5.41 Å². The van der Waals surface area contributed by atoms with Gasteiger partial charge in [-0.05, 0) is 44.1 Å². The SMILES string of the molecule is COC1CC2CCC(C1)N2CCC(C)(C)C. The molecule has 16 heavy (non-hydrogen) atoms. The maximum Gasteiger partial charge on any atom is 0.0601 e. The highest BCUT2D eigenvalue weighted by atomic mass is 16.5. The van der Waals surface area contributed by atoms with Gasteiger partial charge < -0.3 is 4.74 Å². The molecule has 2 heteroatoms. The molecule has 0 aromatic rings. The molecule has 2 aliphatic rings. The summed E-state index contributed by atoms with van der Waals surface area (Å²) in [7, 11) is 1.87. The first kappa shape index (κ1) is 12.4. The van der Waals surface area contributed by atoms with Gasteiger partial charge in [-0.15, -0.1) is 0 Å². The average molecular weight is 225 g/mol. The molecule has 2 bridgehead atoms. The summed E-state index contributed by atoms with van der Waals surface area (Å²) < 4.78 is 5.54. The molecule has 0 amide bonds. The molecule has 0 radical (unpaired) electrons. The van der Waals surface area contributed by atoms with Crippen molar-refractivity contribution in [2.45, 2.75) is 71.1 Å². The van der Waals surface area contributed by atoms with Crippen LogP contribution in [0.1, 0.15) is 52.9 Å². The number of ether oxygens (including phenoxy) is 1. The summed E-state index contributed by atoms with van der Waals surface area (Å²) in [6.45, 7) is 8.32. The van der Waals surface area contributed by atoms with E-state index >= 15 is 0 Å². The first-order valence-corrected chi connectivity index (χ1v) is 6.78. The number of nitrogens with zero attached hydrogens (tertiary/aromatic N) is 1. The molecular formula is C14H27NO. The van der Waals surface area contributed by atoms with Gasteiger partial charge in [-0.2, -0.15) is 0 Å². The first-order chi connectivity index (χ1) is 7.49. The predicted molar refractivity (Wildman–Crippen MR) is 67.6 cm³/mol. The van der Waals surface area contributed by atoms with Gasteiger partial charge in [0, 0.05) is 19.2 Å². The molecule has 0 N–H and O–H groups in total. The Morgan fingerprint density at radius 1 is 1.12 bits per heavy atom. The van der Waals surface area contributed by atoms with E-state index in [-0.39, 0.29) is 0 Å². The molecule has 2 aliphatic heterocycles. The summed E-state index contributed by atoms with van der Waals surface area (Å²) in [5.74, 6) is 0. The third-order valence-corrected chi connectivity index (χ3v) is 4.29. The van der Waals surface area contributed by atoms with Crippen LogP contribution >= 0.6 is 0 Å². The minimum absolute atomic E-state index is 0.470. The summed E-state index contributed by atoms with van der Waals surface area (Å²) >= 11 is 0. The van der Waals surface area contributed by atoms with Crippen LogP contribution in [0.3, 0.4) is 0 Å². The lowest BCUT2D eigenvalue weighted by Gasteiger charge is -2.39. The number of rotatable bonds is 3. The Morgan fingerprint density at radius 2 is 1.69 bits per heavy atom. The smallest absolute Gasteiger partial charge is 0.0601 e. The quantitative estimate of drug-likeness (QED) is 0.732. The van der Waals surface area contributed by atoms with Crippen molar-refractivity contribution < 1.29 is 4.74 Å². The maximum absolute atomic E-state index is 5.54. The van der Waals surface area contributed by atoms with Gasteiger partial charge in [-0.25, -0.2) is 0 Å². The van der Waals surface area contributed by atoms with E-state index in [1.807, 2.05) is 7.11 Å². The van der Waals surface area contributed by atoms with Crippen LogP contribution in [0.5, 0.6) is 0 Å². The van der Waals surface area contributed by atoms with E-state index < -0.39 is 0 Å². The third-order valence-electron chi connectivity index (χ3n) is 4.29. The lowest BCUT2D eigenvalue weighted by Crippen LogP contribution is -2.46. The molecule has 0 spiro atoms. The topological polar surface area (TPSA) is 12.5 Å². The number of hydrogen-bond acceptors (Lipinski definition) is 2. The Hall–Kier alpha value is -0.0800. The van der Waals surface area contributed by atoms with Crippen LogP contribution in [0.2, 0.25) is 0 Å². The van der Waals surface area contributed by atoms with Gasteiger partial charge in [0.15, 0.2) is 0 Å². The van der Waals surface area contributed by atoms with Gasteiger partial charge in [0.2, 0.25) is 0 Å². The van der Waals surface area contributed by atoms with Gasteiger partial charge in [0.05, 0.1) is 6.10 Å². The molecular weight excluding hydrogens is 198 g/mol. The van der Waals surface area contributed by atoms with Crippen molar-refractivity contribution in [3.63, 3.8) is 0 Å². The zero-order valence-electron chi connectivity index (χ0n) is 11.3. The highest BCUT2D eigenvalue weighted by molar-refractivity contribution is 4.95. The molecule has 0 saturated carbocycles. The Bertz CT molecular complexity index is 219. The molecule has 2 rings (SSSR count). The number of piperidine rings is 1. The Labute approximate surface area is 100 Å². The van der Waals surface area contributed by atoms with E-state index in [4.69, 9.17) is 4.74 Å². The van der Waals surface area contributed by atoms with Gasteiger partial charge in [-0.1, -0.05) is 20.8 Å². The van der Waals surface area contributed by atoms with E-state index in [0.717, 1.165) is 12.1 Å². The van der Waals surface area contributed by atoms with Crippen molar-refractivity contribution in [3.05, 3.63) is 0 Å². The van der Waals surface area contributed by atoms with Crippen molar-refractivity contribution >= 4 is 0 Å². The summed E-state index contributed by atoms with van der Waals surface area (Å²) in [4.78, 5) is 2.76. The molecule has 2 heterocycles. The number of fused-ring (bicyclic) bond motifs is 2. The van der Waals surface area contributed by atoms with Crippen molar-refractivity contribution in [1.29, 1.82) is 0 Å². The molecule has 2 unspecified atom stereocenters. The van der Waals surface area contributed by atoms with E-state index in [1.165, 1.54) is 38.6 Å². The molecule has 94 valence electrons. The van der Waals surface area contributed by atoms with Crippen molar-refractivity contribution in [2.75, 3.05) is 13.7 Å². The second kappa shape index (κ2) is 4.66. The monoisotopic (exact) mass is 225 g/mol. The fourth-order valence-corrected chi connectivity index (χ4v) is 3.25. The minimum Gasteiger partial charge on any atom is -0.381 e. The van der Waals surface area contributed by atoms with E-state index in [2.05, 4.69) is 25.7 Å². The number of hydrogen-bond donors (Lipinski definition) is 0. The minimum atomic E-state index is 0.470. The van der Waals surface area contributed by atoms with E-state index in [0.29, 0.717) is 11.5 Å². The van der Waals surface area contributed by atoms with Crippen LogP contribution < -0.4 is 0 Å². The highest BCUT2D eigenvalue weighted by Gasteiger charge is 2.40. The van der Waals surface area contributed by atoms with Gasteiger partial charge in [-0.3, -0.25) is 4.90 Å². The van der Waals surface area contributed by atoms with Crippen LogP contribution in [-0.2, 0) is 4.74 Å². The molecule has 0 aliphatic carbocycles. The molecule has 2 atom stereocenters. The van der Waals surface area contributed by atoms with Crippen LogP contribution in [0.4, 0.5) is 0 Å². The number of methoxy groups -OCH3 is 1. The highest BCUT2D eigenvalue weighted by Crippen LogP contribution is 2.37. The predicted octanol–water partition coefficient (Wildman–Crippen LogP) is 3.06. The largest absolute Gasteiger partial charge is 0.381 e. The molecule has 2 fully saturated rings. The molecule has 0 aromatic heterocycles. The van der Waals surface area contributed by atoms with Crippen LogP contribution in [0.15, 0.2) is 0 Å². The average Bonchev–Trinajstić information content (AvgIpc) is 2.45. The lowest BCUT2D eigenvalue weighted by atomic mass is 9.90. The summed E-state index contributed by atoms with van der Waals surface area (Å²) in [5.41, 5.74) is 0.470. The Morgan fingerprint density at radius 3 is 2.12 bits per heavy atom. The molecule has 2 nitrogen and oxygen atoms in total.